The molecule has 2 N–H and O–H groups in total. The lowest BCUT2D eigenvalue weighted by molar-refractivity contribution is 1.15. The van der Waals surface area contributed by atoms with E-state index in [0.29, 0.717) is 5.13 Å². The molecule has 0 bridgehead atoms. The van der Waals surface area contributed by atoms with Gasteiger partial charge >= 0.3 is 0 Å². The molecule has 0 aliphatic heterocycles. The molecule has 0 radical (unpaired) electrons. The molecule has 86 valence electrons. The molecule has 0 atom stereocenters. The lowest BCUT2D eigenvalue weighted by Gasteiger charge is -2.00. The molecule has 0 aliphatic rings. The quantitative estimate of drug-likeness (QED) is 0.760. The summed E-state index contributed by atoms with van der Waals surface area (Å²) in [5, 5.41) is 4.11. The van der Waals surface area contributed by atoms with Gasteiger partial charge in [-0.2, -0.15) is 0 Å². The number of hydrogen-bond donors (Lipinski definition) is 1. The van der Waals surface area contributed by atoms with Crippen LogP contribution in [0.4, 0.5) is 5.13 Å². The summed E-state index contributed by atoms with van der Waals surface area (Å²) in [6, 6.07) is 8.79. The number of hydrogen-bond acceptors (Lipinski definition) is 4. The first-order chi connectivity index (χ1) is 8.22. The van der Waals surface area contributed by atoms with Crippen LogP contribution in [0.5, 0.6) is 0 Å². The van der Waals surface area contributed by atoms with Crippen molar-refractivity contribution in [1.82, 2.24) is 4.98 Å². The molecular weight excluding hydrogens is 248 g/mol. The first-order valence-electron chi connectivity index (χ1n) is 5.40. The number of aromatic nitrogens is 1. The molecule has 0 saturated heterocycles. The Labute approximate surface area is 108 Å². The van der Waals surface area contributed by atoms with Crippen LogP contribution in [0.15, 0.2) is 29.6 Å². The maximum absolute atomic E-state index is 5.72. The summed E-state index contributed by atoms with van der Waals surface area (Å²) < 4.78 is 1.34. The molecular formula is C13H12N2S2. The Bertz CT molecular complexity index is 667. The number of rotatable bonds is 2. The van der Waals surface area contributed by atoms with Crippen LogP contribution in [0.25, 0.3) is 10.1 Å². The van der Waals surface area contributed by atoms with Crippen LogP contribution < -0.4 is 5.73 Å². The highest BCUT2D eigenvalue weighted by Gasteiger charge is 2.06. The van der Waals surface area contributed by atoms with E-state index >= 15 is 0 Å². The third-order valence-corrected chi connectivity index (χ3v) is 4.68. The van der Waals surface area contributed by atoms with Gasteiger partial charge in [0, 0.05) is 16.0 Å². The highest BCUT2D eigenvalue weighted by atomic mass is 32.1. The first kappa shape index (κ1) is 10.7. The number of nitrogen functional groups attached to an aromatic ring is 1. The van der Waals surface area contributed by atoms with Crippen molar-refractivity contribution in [3.63, 3.8) is 0 Å². The topological polar surface area (TPSA) is 38.9 Å². The monoisotopic (exact) mass is 260 g/mol. The molecule has 0 amide bonds. The molecule has 3 aromatic rings. The van der Waals surface area contributed by atoms with Crippen molar-refractivity contribution in [2.45, 2.75) is 13.3 Å². The Balaban J connectivity index is 1.96. The van der Waals surface area contributed by atoms with Crippen LogP contribution in [-0.4, -0.2) is 4.98 Å². The van der Waals surface area contributed by atoms with Crippen LogP contribution in [0, 0.1) is 6.92 Å². The zero-order chi connectivity index (χ0) is 11.8. The Morgan fingerprint density at radius 3 is 2.94 bits per heavy atom. The van der Waals surface area contributed by atoms with Gasteiger partial charge in [-0.3, -0.25) is 0 Å². The third kappa shape index (κ3) is 2.06. The Hall–Kier alpha value is -1.39. The third-order valence-electron chi connectivity index (χ3n) is 2.79. The summed E-state index contributed by atoms with van der Waals surface area (Å²) >= 11 is 3.37. The van der Waals surface area contributed by atoms with Gasteiger partial charge in [0.15, 0.2) is 5.13 Å². The summed E-state index contributed by atoms with van der Waals surface area (Å²) in [5.41, 5.74) is 8.09. The minimum absolute atomic E-state index is 0.661. The smallest absolute Gasteiger partial charge is 0.180 e. The molecule has 1 aromatic carbocycles. The van der Waals surface area contributed by atoms with Crippen molar-refractivity contribution >= 4 is 37.9 Å². The zero-order valence-electron chi connectivity index (χ0n) is 9.43. The molecule has 0 unspecified atom stereocenters. The minimum Gasteiger partial charge on any atom is -0.375 e. The Morgan fingerprint density at radius 2 is 2.18 bits per heavy atom. The summed E-state index contributed by atoms with van der Waals surface area (Å²) in [4.78, 5) is 5.52. The average molecular weight is 260 g/mol. The fourth-order valence-electron chi connectivity index (χ4n) is 1.93. The van der Waals surface area contributed by atoms with Gasteiger partial charge in [-0.1, -0.05) is 6.07 Å². The number of nitrogens with two attached hydrogens (primary N) is 1. The number of fused-ring (bicyclic) bond motifs is 1. The fraction of sp³-hybridized carbons (Fsp3) is 0.154. The molecule has 0 aliphatic carbocycles. The van der Waals surface area contributed by atoms with Gasteiger partial charge in [-0.15, -0.1) is 22.7 Å². The number of nitrogens with zero attached hydrogens (tertiary/aromatic N) is 1. The van der Waals surface area contributed by atoms with Gasteiger partial charge in [0.2, 0.25) is 0 Å². The van der Waals surface area contributed by atoms with E-state index in [1.165, 1.54) is 20.5 Å². The van der Waals surface area contributed by atoms with Gasteiger partial charge < -0.3 is 5.73 Å². The largest absolute Gasteiger partial charge is 0.375 e. The van der Waals surface area contributed by atoms with Gasteiger partial charge in [0.1, 0.15) is 0 Å². The highest BCUT2D eigenvalue weighted by molar-refractivity contribution is 7.17. The highest BCUT2D eigenvalue weighted by Crippen LogP contribution is 2.26. The minimum atomic E-state index is 0.661. The fourth-order valence-corrected chi connectivity index (χ4v) is 3.56. The van der Waals surface area contributed by atoms with E-state index in [2.05, 4.69) is 34.6 Å². The van der Waals surface area contributed by atoms with Crippen molar-refractivity contribution in [3.8, 4) is 0 Å². The van der Waals surface area contributed by atoms with Crippen LogP contribution in [0.3, 0.4) is 0 Å². The number of anilines is 1. The van der Waals surface area contributed by atoms with Crippen LogP contribution in [0.1, 0.15) is 16.1 Å². The van der Waals surface area contributed by atoms with Crippen LogP contribution >= 0.6 is 22.7 Å². The number of benzene rings is 1. The lowest BCUT2D eigenvalue weighted by atomic mass is 10.1. The van der Waals surface area contributed by atoms with Crippen molar-refractivity contribution in [2.75, 3.05) is 5.73 Å². The molecule has 0 spiro atoms. The van der Waals surface area contributed by atoms with Gasteiger partial charge in [-0.25, -0.2) is 4.98 Å². The molecule has 2 aromatic heterocycles. The standard InChI is InChI=1S/C13H12N2S2/c1-8-12(17-13(14)15-8)7-9-2-3-11-10(6-9)4-5-16-11/h2-6H,7H2,1H3,(H2,14,15). The summed E-state index contributed by atoms with van der Waals surface area (Å²) in [7, 11) is 0. The van der Waals surface area contributed by atoms with Gasteiger partial charge in [0.25, 0.3) is 0 Å². The van der Waals surface area contributed by atoms with Crippen molar-refractivity contribution < 1.29 is 0 Å². The van der Waals surface area contributed by atoms with E-state index < -0.39 is 0 Å². The SMILES string of the molecule is Cc1nc(N)sc1Cc1ccc2sccc2c1. The van der Waals surface area contributed by atoms with Crippen LogP contribution in [0.2, 0.25) is 0 Å². The summed E-state index contributed by atoms with van der Waals surface area (Å²) in [5.74, 6) is 0. The summed E-state index contributed by atoms with van der Waals surface area (Å²) in [6.45, 7) is 2.02. The van der Waals surface area contributed by atoms with E-state index in [4.69, 9.17) is 5.73 Å². The number of aryl methyl sites for hydroxylation is 1. The normalized spacial score (nSPS) is 11.1. The predicted octanol–water partition coefficient (Wildman–Crippen LogP) is 3.84. The molecule has 0 saturated carbocycles. The number of thiophene rings is 1. The first-order valence-corrected chi connectivity index (χ1v) is 7.10. The van der Waals surface area contributed by atoms with E-state index in [1.807, 2.05) is 6.92 Å². The van der Waals surface area contributed by atoms with Crippen molar-refractivity contribution in [1.29, 1.82) is 0 Å². The maximum Gasteiger partial charge on any atom is 0.180 e. The van der Waals surface area contributed by atoms with Crippen molar-refractivity contribution in [2.24, 2.45) is 0 Å². The lowest BCUT2D eigenvalue weighted by Crippen LogP contribution is -1.87. The molecule has 4 heteroatoms. The Morgan fingerprint density at radius 1 is 1.29 bits per heavy atom. The molecule has 3 rings (SSSR count). The maximum atomic E-state index is 5.72. The molecule has 17 heavy (non-hydrogen) atoms. The molecule has 2 nitrogen and oxygen atoms in total. The predicted molar refractivity (Wildman–Crippen MR) is 75.9 cm³/mol. The van der Waals surface area contributed by atoms with E-state index in [9.17, 15) is 0 Å². The second-order valence-corrected chi connectivity index (χ2v) is 6.09. The van der Waals surface area contributed by atoms with E-state index in [0.717, 1.165) is 12.1 Å². The van der Waals surface area contributed by atoms with E-state index in [1.54, 1.807) is 22.7 Å². The molecule has 2 heterocycles. The second kappa shape index (κ2) is 4.13. The molecule has 0 fully saturated rings. The average Bonchev–Trinajstić information content (AvgIpc) is 2.85. The Kier molecular flexibility index (Phi) is 2.61. The van der Waals surface area contributed by atoms with Gasteiger partial charge in [0.05, 0.1) is 5.69 Å². The van der Waals surface area contributed by atoms with E-state index in [-0.39, 0.29) is 0 Å². The van der Waals surface area contributed by atoms with Gasteiger partial charge in [-0.05, 0) is 41.5 Å². The zero-order valence-corrected chi connectivity index (χ0v) is 11.1. The van der Waals surface area contributed by atoms with Crippen LogP contribution in [-0.2, 0) is 6.42 Å². The van der Waals surface area contributed by atoms with Crippen molar-refractivity contribution in [3.05, 3.63) is 45.8 Å². The summed E-state index contributed by atoms with van der Waals surface area (Å²) in [6.07, 6.45) is 0.923. The second-order valence-electron chi connectivity index (χ2n) is 4.03. The number of thiazole rings is 1.